The standard InChI is InChI=1S/C23H22N2O4S2/c1-3-28-19-7-4-8-20-22(19)24-23(31-20)25(14-17-6-5-13-29-17)21(26)15-30-18-11-9-16(27-2)10-12-18/h4-13H,3,14-15H2,1-2H3. The zero-order valence-electron chi connectivity index (χ0n) is 17.2. The highest BCUT2D eigenvalue weighted by atomic mass is 32.2. The first-order valence-electron chi connectivity index (χ1n) is 9.80. The van der Waals surface area contributed by atoms with Gasteiger partial charge in [0.25, 0.3) is 0 Å². The van der Waals surface area contributed by atoms with E-state index in [1.165, 1.54) is 23.1 Å². The van der Waals surface area contributed by atoms with Gasteiger partial charge in [0.05, 0.1) is 37.0 Å². The summed E-state index contributed by atoms with van der Waals surface area (Å²) in [6, 6.07) is 17.2. The molecular formula is C23H22N2O4S2. The number of furan rings is 1. The van der Waals surface area contributed by atoms with E-state index in [4.69, 9.17) is 18.9 Å². The molecule has 0 aliphatic rings. The first-order chi connectivity index (χ1) is 15.2. The van der Waals surface area contributed by atoms with Crippen LogP contribution in [0.2, 0.25) is 0 Å². The third-order valence-corrected chi connectivity index (χ3v) is 6.56. The van der Waals surface area contributed by atoms with Crippen LogP contribution < -0.4 is 14.4 Å². The second kappa shape index (κ2) is 9.89. The van der Waals surface area contributed by atoms with Crippen molar-refractivity contribution in [1.29, 1.82) is 0 Å². The number of anilines is 1. The van der Waals surface area contributed by atoms with E-state index in [1.807, 2.05) is 61.5 Å². The lowest BCUT2D eigenvalue weighted by atomic mass is 10.3. The van der Waals surface area contributed by atoms with Gasteiger partial charge in [-0.3, -0.25) is 9.69 Å². The molecule has 31 heavy (non-hydrogen) atoms. The van der Waals surface area contributed by atoms with Gasteiger partial charge in [-0.1, -0.05) is 17.4 Å². The summed E-state index contributed by atoms with van der Waals surface area (Å²) in [6.45, 7) is 2.81. The van der Waals surface area contributed by atoms with Crippen LogP contribution in [0.4, 0.5) is 5.13 Å². The van der Waals surface area contributed by atoms with Crippen molar-refractivity contribution in [2.75, 3.05) is 24.4 Å². The van der Waals surface area contributed by atoms with Crippen molar-refractivity contribution in [3.63, 3.8) is 0 Å². The van der Waals surface area contributed by atoms with E-state index in [9.17, 15) is 4.79 Å². The Hall–Kier alpha value is -2.97. The minimum Gasteiger partial charge on any atom is -0.497 e. The maximum absolute atomic E-state index is 13.2. The molecule has 0 fully saturated rings. The molecule has 0 spiro atoms. The molecule has 0 N–H and O–H groups in total. The number of thiazole rings is 1. The molecule has 0 aliphatic heterocycles. The smallest absolute Gasteiger partial charge is 0.239 e. The average Bonchev–Trinajstić information content (AvgIpc) is 3.46. The highest BCUT2D eigenvalue weighted by Crippen LogP contribution is 2.35. The van der Waals surface area contributed by atoms with Gasteiger partial charge < -0.3 is 13.9 Å². The SMILES string of the molecule is CCOc1cccc2sc(N(Cc3ccco3)C(=O)CSc3ccc(OC)cc3)nc12. The normalized spacial score (nSPS) is 10.9. The molecule has 2 aromatic heterocycles. The Balaban J connectivity index is 1.58. The number of rotatable bonds is 9. The molecule has 2 heterocycles. The summed E-state index contributed by atoms with van der Waals surface area (Å²) >= 11 is 2.94. The van der Waals surface area contributed by atoms with Crippen molar-refractivity contribution in [1.82, 2.24) is 4.98 Å². The van der Waals surface area contributed by atoms with E-state index in [2.05, 4.69) is 0 Å². The molecular weight excluding hydrogens is 432 g/mol. The van der Waals surface area contributed by atoms with Gasteiger partial charge in [0.1, 0.15) is 22.8 Å². The number of amides is 1. The van der Waals surface area contributed by atoms with E-state index in [0.29, 0.717) is 24.0 Å². The van der Waals surface area contributed by atoms with Crippen LogP contribution in [0, 0.1) is 0 Å². The van der Waals surface area contributed by atoms with Crippen LogP contribution in [-0.4, -0.2) is 30.4 Å². The Morgan fingerprint density at radius 2 is 2.00 bits per heavy atom. The van der Waals surface area contributed by atoms with Gasteiger partial charge >= 0.3 is 0 Å². The maximum Gasteiger partial charge on any atom is 0.239 e. The topological polar surface area (TPSA) is 64.8 Å². The van der Waals surface area contributed by atoms with Gasteiger partial charge in [0.2, 0.25) is 5.91 Å². The molecule has 160 valence electrons. The number of nitrogens with zero attached hydrogens (tertiary/aromatic N) is 2. The molecule has 6 nitrogen and oxygen atoms in total. The summed E-state index contributed by atoms with van der Waals surface area (Å²) in [6.07, 6.45) is 1.61. The van der Waals surface area contributed by atoms with Crippen LogP contribution in [0.25, 0.3) is 10.2 Å². The van der Waals surface area contributed by atoms with Gasteiger partial charge in [-0.25, -0.2) is 4.98 Å². The average molecular weight is 455 g/mol. The summed E-state index contributed by atoms with van der Waals surface area (Å²) < 4.78 is 17.4. The summed E-state index contributed by atoms with van der Waals surface area (Å²) in [5.41, 5.74) is 0.768. The number of aromatic nitrogens is 1. The molecule has 4 rings (SSSR count). The molecule has 4 aromatic rings. The fourth-order valence-electron chi connectivity index (χ4n) is 3.01. The third-order valence-electron chi connectivity index (χ3n) is 4.52. The Bertz CT molecular complexity index is 1140. The van der Waals surface area contributed by atoms with E-state index < -0.39 is 0 Å². The molecule has 8 heteroatoms. The second-order valence-corrected chi connectivity index (χ2v) is 8.61. The number of hydrogen-bond acceptors (Lipinski definition) is 7. The summed E-state index contributed by atoms with van der Waals surface area (Å²) in [5.74, 6) is 2.44. The number of para-hydroxylation sites is 1. The first-order valence-corrected chi connectivity index (χ1v) is 11.6. The number of benzene rings is 2. The number of thioether (sulfide) groups is 1. The Morgan fingerprint density at radius 3 is 2.71 bits per heavy atom. The number of hydrogen-bond donors (Lipinski definition) is 0. The predicted octanol–water partition coefficient (Wildman–Crippen LogP) is 5.62. The van der Waals surface area contributed by atoms with Gasteiger partial charge in [-0.2, -0.15) is 0 Å². The second-order valence-electron chi connectivity index (χ2n) is 6.56. The van der Waals surface area contributed by atoms with Crippen LogP contribution in [0.1, 0.15) is 12.7 Å². The summed E-state index contributed by atoms with van der Waals surface area (Å²) in [5, 5.41) is 0.624. The Morgan fingerprint density at radius 1 is 1.16 bits per heavy atom. The first kappa shape index (κ1) is 21.3. The predicted molar refractivity (Wildman–Crippen MR) is 124 cm³/mol. The van der Waals surface area contributed by atoms with Gasteiger partial charge in [0, 0.05) is 4.90 Å². The number of carbonyl (C=O) groups is 1. The minimum atomic E-state index is -0.0470. The van der Waals surface area contributed by atoms with Crippen molar-refractivity contribution in [3.05, 3.63) is 66.6 Å². The minimum absolute atomic E-state index is 0.0470. The lowest BCUT2D eigenvalue weighted by Gasteiger charge is -2.18. The van der Waals surface area contributed by atoms with E-state index in [-0.39, 0.29) is 11.7 Å². The monoisotopic (exact) mass is 454 g/mol. The van der Waals surface area contributed by atoms with E-state index in [1.54, 1.807) is 18.3 Å². The van der Waals surface area contributed by atoms with E-state index in [0.717, 1.165) is 26.6 Å². The van der Waals surface area contributed by atoms with Crippen molar-refractivity contribution >= 4 is 44.4 Å². The fourth-order valence-corrected chi connectivity index (χ4v) is 4.79. The van der Waals surface area contributed by atoms with Gasteiger partial charge in [-0.15, -0.1) is 11.8 Å². The highest BCUT2D eigenvalue weighted by Gasteiger charge is 2.22. The quantitative estimate of drug-likeness (QED) is 0.306. The van der Waals surface area contributed by atoms with Crippen LogP contribution in [-0.2, 0) is 11.3 Å². The lowest BCUT2D eigenvalue weighted by Crippen LogP contribution is -2.31. The van der Waals surface area contributed by atoms with Crippen molar-refractivity contribution in [3.8, 4) is 11.5 Å². The number of ether oxygens (including phenoxy) is 2. The molecule has 0 saturated carbocycles. The van der Waals surface area contributed by atoms with Crippen LogP contribution in [0.3, 0.4) is 0 Å². The summed E-state index contributed by atoms with van der Waals surface area (Å²) in [7, 11) is 1.63. The number of methoxy groups -OCH3 is 1. The number of carbonyl (C=O) groups excluding carboxylic acids is 1. The molecule has 0 radical (unpaired) electrons. The molecule has 0 atom stereocenters. The largest absolute Gasteiger partial charge is 0.497 e. The van der Waals surface area contributed by atoms with Gasteiger partial charge in [0.15, 0.2) is 5.13 Å². The highest BCUT2D eigenvalue weighted by molar-refractivity contribution is 8.00. The van der Waals surface area contributed by atoms with Crippen LogP contribution in [0.5, 0.6) is 11.5 Å². The molecule has 0 aliphatic carbocycles. The lowest BCUT2D eigenvalue weighted by molar-refractivity contribution is -0.116. The maximum atomic E-state index is 13.2. The molecule has 0 bridgehead atoms. The van der Waals surface area contributed by atoms with Gasteiger partial charge in [-0.05, 0) is 55.5 Å². The molecule has 1 amide bonds. The molecule has 0 unspecified atom stereocenters. The van der Waals surface area contributed by atoms with Crippen LogP contribution >= 0.6 is 23.1 Å². The zero-order valence-corrected chi connectivity index (χ0v) is 18.9. The van der Waals surface area contributed by atoms with Crippen molar-refractivity contribution in [2.45, 2.75) is 18.4 Å². The van der Waals surface area contributed by atoms with Crippen molar-refractivity contribution < 1.29 is 18.7 Å². The number of fused-ring (bicyclic) bond motifs is 1. The third kappa shape index (κ3) is 5.03. The fraction of sp³-hybridized carbons (Fsp3) is 0.217. The molecule has 0 saturated heterocycles. The Labute approximate surface area is 188 Å². The van der Waals surface area contributed by atoms with E-state index >= 15 is 0 Å². The van der Waals surface area contributed by atoms with Crippen LogP contribution in [0.15, 0.2) is 70.2 Å². The molecule has 2 aromatic carbocycles. The van der Waals surface area contributed by atoms with Crippen molar-refractivity contribution in [2.24, 2.45) is 0 Å². The zero-order chi connectivity index (χ0) is 21.6. The Kier molecular flexibility index (Phi) is 6.79. The summed E-state index contributed by atoms with van der Waals surface area (Å²) in [4.78, 5) is 20.6.